The summed E-state index contributed by atoms with van der Waals surface area (Å²) in [5.41, 5.74) is 2.35. The number of Topliss-reactive ketones (excluding diaryl/α,β-unsaturated/α-hetero) is 1. The molecule has 0 spiro atoms. The highest BCUT2D eigenvalue weighted by atomic mass is 79.9. The standard InChI is InChI=1S/C16H11BrN2O/c17-16-7-3-6-14(19-16)15(20)10-11-8-9-18-13-5-2-1-4-12(11)13/h1-9H,10H2. The normalized spacial score (nSPS) is 10.7. The Morgan fingerprint density at radius 3 is 2.75 bits per heavy atom. The van der Waals surface area contributed by atoms with Gasteiger partial charge in [0.25, 0.3) is 0 Å². The highest BCUT2D eigenvalue weighted by Gasteiger charge is 2.11. The molecule has 0 fully saturated rings. The van der Waals surface area contributed by atoms with Crippen LogP contribution in [-0.4, -0.2) is 15.8 Å². The molecule has 98 valence electrons. The van der Waals surface area contributed by atoms with Crippen LogP contribution in [0.25, 0.3) is 10.9 Å². The van der Waals surface area contributed by atoms with Crippen LogP contribution in [0, 0.1) is 0 Å². The second-order valence-electron chi connectivity index (χ2n) is 4.43. The van der Waals surface area contributed by atoms with E-state index in [0.717, 1.165) is 16.5 Å². The van der Waals surface area contributed by atoms with E-state index in [1.54, 1.807) is 18.3 Å². The van der Waals surface area contributed by atoms with Crippen LogP contribution < -0.4 is 0 Å². The van der Waals surface area contributed by atoms with Crippen molar-refractivity contribution in [3.05, 3.63) is 70.6 Å². The first kappa shape index (κ1) is 12.9. The lowest BCUT2D eigenvalue weighted by atomic mass is 10.0. The summed E-state index contributed by atoms with van der Waals surface area (Å²) >= 11 is 3.28. The van der Waals surface area contributed by atoms with Gasteiger partial charge in [0.2, 0.25) is 0 Å². The van der Waals surface area contributed by atoms with Crippen molar-refractivity contribution in [2.45, 2.75) is 6.42 Å². The first-order valence-electron chi connectivity index (χ1n) is 6.22. The van der Waals surface area contributed by atoms with Gasteiger partial charge in [-0.25, -0.2) is 4.98 Å². The molecule has 0 radical (unpaired) electrons. The Balaban J connectivity index is 1.95. The Morgan fingerprint density at radius 1 is 1.05 bits per heavy atom. The van der Waals surface area contributed by atoms with Crippen LogP contribution in [0.3, 0.4) is 0 Å². The number of halogens is 1. The van der Waals surface area contributed by atoms with Crippen molar-refractivity contribution in [3.8, 4) is 0 Å². The van der Waals surface area contributed by atoms with E-state index in [9.17, 15) is 4.79 Å². The Hall–Kier alpha value is -2.07. The molecule has 0 aliphatic heterocycles. The van der Waals surface area contributed by atoms with E-state index < -0.39 is 0 Å². The van der Waals surface area contributed by atoms with Crippen molar-refractivity contribution in [2.75, 3.05) is 0 Å². The topological polar surface area (TPSA) is 42.9 Å². The Labute approximate surface area is 124 Å². The van der Waals surface area contributed by atoms with Gasteiger partial charge in [0.15, 0.2) is 5.78 Å². The van der Waals surface area contributed by atoms with Gasteiger partial charge >= 0.3 is 0 Å². The molecule has 0 saturated heterocycles. The van der Waals surface area contributed by atoms with Crippen LogP contribution in [-0.2, 0) is 6.42 Å². The number of hydrogen-bond donors (Lipinski definition) is 0. The largest absolute Gasteiger partial charge is 0.292 e. The van der Waals surface area contributed by atoms with E-state index in [0.29, 0.717) is 16.7 Å². The van der Waals surface area contributed by atoms with Gasteiger partial charge in [0.1, 0.15) is 10.3 Å². The number of nitrogens with zero attached hydrogens (tertiary/aromatic N) is 2. The zero-order chi connectivity index (χ0) is 13.9. The molecular formula is C16H11BrN2O. The van der Waals surface area contributed by atoms with Gasteiger partial charge in [-0.05, 0) is 45.8 Å². The van der Waals surface area contributed by atoms with Crippen molar-refractivity contribution >= 4 is 32.6 Å². The zero-order valence-corrected chi connectivity index (χ0v) is 12.2. The number of hydrogen-bond acceptors (Lipinski definition) is 3. The number of rotatable bonds is 3. The lowest BCUT2D eigenvalue weighted by Crippen LogP contribution is -2.06. The summed E-state index contributed by atoms with van der Waals surface area (Å²) in [6, 6.07) is 15.1. The SMILES string of the molecule is O=C(Cc1ccnc2ccccc12)c1cccc(Br)n1. The molecule has 0 amide bonds. The predicted octanol–water partition coefficient (Wildman–Crippen LogP) is 3.82. The fraction of sp³-hybridized carbons (Fsp3) is 0.0625. The molecule has 0 N–H and O–H groups in total. The summed E-state index contributed by atoms with van der Waals surface area (Å²) in [7, 11) is 0. The average molecular weight is 327 g/mol. The van der Waals surface area contributed by atoms with Crippen molar-refractivity contribution in [1.82, 2.24) is 9.97 Å². The highest BCUT2D eigenvalue weighted by molar-refractivity contribution is 9.10. The van der Waals surface area contributed by atoms with Crippen molar-refractivity contribution < 1.29 is 4.79 Å². The number of aromatic nitrogens is 2. The van der Waals surface area contributed by atoms with Gasteiger partial charge in [-0.2, -0.15) is 0 Å². The van der Waals surface area contributed by atoms with Crippen LogP contribution in [0.1, 0.15) is 16.1 Å². The van der Waals surface area contributed by atoms with Crippen LogP contribution in [0.15, 0.2) is 59.3 Å². The molecule has 2 heterocycles. The van der Waals surface area contributed by atoms with Gasteiger partial charge in [0.05, 0.1) is 5.52 Å². The number of pyridine rings is 2. The van der Waals surface area contributed by atoms with Crippen molar-refractivity contribution in [3.63, 3.8) is 0 Å². The summed E-state index contributed by atoms with van der Waals surface area (Å²) in [6.07, 6.45) is 2.06. The highest BCUT2D eigenvalue weighted by Crippen LogP contribution is 2.18. The lowest BCUT2D eigenvalue weighted by molar-refractivity contribution is 0.0988. The van der Waals surface area contributed by atoms with Gasteiger partial charge in [-0.1, -0.05) is 24.3 Å². The fourth-order valence-electron chi connectivity index (χ4n) is 2.14. The third kappa shape index (κ3) is 2.60. The molecule has 3 aromatic rings. The van der Waals surface area contributed by atoms with Gasteiger partial charge in [-0.15, -0.1) is 0 Å². The molecule has 2 aromatic heterocycles. The second kappa shape index (κ2) is 5.51. The third-order valence-electron chi connectivity index (χ3n) is 3.09. The number of benzene rings is 1. The molecule has 0 aliphatic rings. The van der Waals surface area contributed by atoms with E-state index >= 15 is 0 Å². The molecule has 4 heteroatoms. The van der Waals surface area contributed by atoms with Gasteiger partial charge in [-0.3, -0.25) is 9.78 Å². The molecule has 0 saturated carbocycles. The van der Waals surface area contributed by atoms with E-state index in [1.807, 2.05) is 36.4 Å². The summed E-state index contributed by atoms with van der Waals surface area (Å²) in [5.74, 6) is 0.00246. The van der Waals surface area contributed by atoms with Crippen LogP contribution in [0.4, 0.5) is 0 Å². The number of carbonyl (C=O) groups excluding carboxylic acids is 1. The summed E-state index contributed by atoms with van der Waals surface area (Å²) < 4.78 is 0.669. The van der Waals surface area contributed by atoms with E-state index in [2.05, 4.69) is 25.9 Å². The van der Waals surface area contributed by atoms with Gasteiger partial charge < -0.3 is 0 Å². The average Bonchev–Trinajstić information content (AvgIpc) is 2.47. The Bertz CT molecular complexity index is 781. The van der Waals surface area contributed by atoms with E-state index in [1.165, 1.54) is 0 Å². The number of para-hydroxylation sites is 1. The molecule has 3 nitrogen and oxygen atoms in total. The minimum atomic E-state index is 0.00246. The number of ketones is 1. The Morgan fingerprint density at radius 2 is 1.90 bits per heavy atom. The first-order chi connectivity index (χ1) is 9.74. The summed E-state index contributed by atoms with van der Waals surface area (Å²) in [4.78, 5) is 20.8. The fourth-order valence-corrected chi connectivity index (χ4v) is 2.48. The quantitative estimate of drug-likeness (QED) is 0.543. The van der Waals surface area contributed by atoms with Crippen molar-refractivity contribution in [1.29, 1.82) is 0 Å². The summed E-state index contributed by atoms with van der Waals surface area (Å²) in [6.45, 7) is 0. The summed E-state index contributed by atoms with van der Waals surface area (Å²) in [5, 5.41) is 1.01. The van der Waals surface area contributed by atoms with Crippen LogP contribution >= 0.6 is 15.9 Å². The minimum Gasteiger partial charge on any atom is -0.292 e. The van der Waals surface area contributed by atoms with E-state index in [4.69, 9.17) is 0 Å². The molecule has 1 aromatic carbocycles. The maximum absolute atomic E-state index is 12.3. The molecule has 0 unspecified atom stereocenters. The molecule has 0 bridgehead atoms. The molecule has 0 atom stereocenters. The monoisotopic (exact) mass is 326 g/mol. The van der Waals surface area contributed by atoms with Crippen molar-refractivity contribution in [2.24, 2.45) is 0 Å². The number of fused-ring (bicyclic) bond motifs is 1. The maximum Gasteiger partial charge on any atom is 0.185 e. The minimum absolute atomic E-state index is 0.00246. The van der Waals surface area contributed by atoms with Crippen LogP contribution in [0.5, 0.6) is 0 Å². The smallest absolute Gasteiger partial charge is 0.185 e. The second-order valence-corrected chi connectivity index (χ2v) is 5.25. The lowest BCUT2D eigenvalue weighted by Gasteiger charge is -2.05. The Kier molecular flexibility index (Phi) is 3.56. The molecule has 20 heavy (non-hydrogen) atoms. The first-order valence-corrected chi connectivity index (χ1v) is 7.02. The molecular weight excluding hydrogens is 316 g/mol. The third-order valence-corrected chi connectivity index (χ3v) is 3.53. The predicted molar refractivity (Wildman–Crippen MR) is 81.7 cm³/mol. The van der Waals surface area contributed by atoms with E-state index in [-0.39, 0.29) is 5.78 Å². The molecule has 0 aliphatic carbocycles. The van der Waals surface area contributed by atoms with Gasteiger partial charge in [0, 0.05) is 18.0 Å². The number of carbonyl (C=O) groups is 1. The van der Waals surface area contributed by atoms with Crippen LogP contribution in [0.2, 0.25) is 0 Å². The molecule has 3 rings (SSSR count). The zero-order valence-electron chi connectivity index (χ0n) is 10.6. The maximum atomic E-state index is 12.3.